The summed E-state index contributed by atoms with van der Waals surface area (Å²) in [5, 5.41) is 11.6. The molecule has 4 heteroatoms. The smallest absolute Gasteiger partial charge is 0.328 e. The van der Waals surface area contributed by atoms with Gasteiger partial charge in [0, 0.05) is 5.92 Å². The molecule has 1 amide bonds. The molecule has 4 nitrogen and oxygen atoms in total. The summed E-state index contributed by atoms with van der Waals surface area (Å²) in [6.07, 6.45) is 2.35. The van der Waals surface area contributed by atoms with E-state index in [2.05, 4.69) is 11.4 Å². The molecule has 1 aliphatic carbocycles. The van der Waals surface area contributed by atoms with Crippen molar-refractivity contribution < 1.29 is 14.7 Å². The van der Waals surface area contributed by atoms with E-state index >= 15 is 0 Å². The molecule has 1 unspecified atom stereocenters. The van der Waals surface area contributed by atoms with Crippen LogP contribution in [0.15, 0.2) is 24.3 Å². The molecule has 1 aromatic carbocycles. The van der Waals surface area contributed by atoms with E-state index in [1.165, 1.54) is 25.0 Å². The van der Waals surface area contributed by atoms with E-state index in [-0.39, 0.29) is 11.8 Å². The van der Waals surface area contributed by atoms with Gasteiger partial charge in [0.25, 0.3) is 0 Å². The van der Waals surface area contributed by atoms with Gasteiger partial charge in [-0.3, -0.25) is 4.79 Å². The third-order valence-electron chi connectivity index (χ3n) is 3.69. The van der Waals surface area contributed by atoms with E-state index in [4.69, 9.17) is 5.11 Å². The fourth-order valence-corrected chi connectivity index (χ4v) is 2.39. The van der Waals surface area contributed by atoms with Gasteiger partial charge in [-0.15, -0.1) is 0 Å². The summed E-state index contributed by atoms with van der Waals surface area (Å²) in [4.78, 5) is 23.2. The number of aliphatic carboxylic acids is 1. The first-order valence-electron chi connectivity index (χ1n) is 6.52. The van der Waals surface area contributed by atoms with Gasteiger partial charge in [-0.1, -0.05) is 24.3 Å². The van der Waals surface area contributed by atoms with Crippen molar-refractivity contribution in [1.29, 1.82) is 0 Å². The highest BCUT2D eigenvalue weighted by atomic mass is 16.4. The maximum Gasteiger partial charge on any atom is 0.328 e. The normalized spacial score (nSPS) is 18.5. The SMILES string of the molecule is CC(C)(NC(=O)C1CCc2ccccc2C1)C(=O)O. The van der Waals surface area contributed by atoms with Crippen molar-refractivity contribution in [3.8, 4) is 0 Å². The number of hydrogen-bond acceptors (Lipinski definition) is 2. The number of benzene rings is 1. The first kappa shape index (κ1) is 13.6. The number of fused-ring (bicyclic) bond motifs is 1. The van der Waals surface area contributed by atoms with E-state index < -0.39 is 11.5 Å². The largest absolute Gasteiger partial charge is 0.480 e. The van der Waals surface area contributed by atoms with Gasteiger partial charge in [0.2, 0.25) is 5.91 Å². The fraction of sp³-hybridized carbons (Fsp3) is 0.467. The second kappa shape index (κ2) is 5.03. The van der Waals surface area contributed by atoms with Crippen molar-refractivity contribution in [3.63, 3.8) is 0 Å². The highest BCUT2D eigenvalue weighted by Crippen LogP contribution is 2.25. The van der Waals surface area contributed by atoms with Crippen LogP contribution in [-0.4, -0.2) is 22.5 Å². The lowest BCUT2D eigenvalue weighted by Crippen LogP contribution is -2.52. The summed E-state index contributed by atoms with van der Waals surface area (Å²) in [6.45, 7) is 3.01. The van der Waals surface area contributed by atoms with Crippen molar-refractivity contribution in [2.75, 3.05) is 0 Å². The molecule has 0 fully saturated rings. The molecule has 0 heterocycles. The van der Waals surface area contributed by atoms with Gasteiger partial charge >= 0.3 is 5.97 Å². The molecular weight excluding hydrogens is 242 g/mol. The molecule has 2 N–H and O–H groups in total. The first-order chi connectivity index (χ1) is 8.90. The predicted molar refractivity (Wildman–Crippen MR) is 71.8 cm³/mol. The molecule has 1 atom stereocenters. The van der Waals surface area contributed by atoms with Crippen LogP contribution in [0.1, 0.15) is 31.4 Å². The Kier molecular flexibility index (Phi) is 3.60. The van der Waals surface area contributed by atoms with Crippen LogP contribution in [0.4, 0.5) is 0 Å². The lowest BCUT2D eigenvalue weighted by molar-refractivity contribution is -0.146. The van der Waals surface area contributed by atoms with Crippen LogP contribution in [-0.2, 0) is 22.4 Å². The van der Waals surface area contributed by atoms with Crippen molar-refractivity contribution in [2.24, 2.45) is 5.92 Å². The van der Waals surface area contributed by atoms with Gasteiger partial charge in [-0.25, -0.2) is 4.79 Å². The van der Waals surface area contributed by atoms with Crippen LogP contribution < -0.4 is 5.32 Å². The molecular formula is C15H19NO3. The molecule has 0 aliphatic heterocycles. The molecule has 0 saturated carbocycles. The summed E-state index contributed by atoms with van der Waals surface area (Å²) >= 11 is 0. The average molecular weight is 261 g/mol. The third-order valence-corrected chi connectivity index (χ3v) is 3.69. The number of amides is 1. The topological polar surface area (TPSA) is 66.4 Å². The monoisotopic (exact) mass is 261 g/mol. The van der Waals surface area contributed by atoms with E-state index in [0.29, 0.717) is 6.42 Å². The Morgan fingerprint density at radius 3 is 2.53 bits per heavy atom. The van der Waals surface area contributed by atoms with Crippen LogP contribution in [0.5, 0.6) is 0 Å². The molecule has 2 rings (SSSR count). The van der Waals surface area contributed by atoms with Crippen molar-refractivity contribution in [1.82, 2.24) is 5.32 Å². The Balaban J connectivity index is 2.05. The highest BCUT2D eigenvalue weighted by molar-refractivity contribution is 5.87. The van der Waals surface area contributed by atoms with Gasteiger partial charge in [0.1, 0.15) is 5.54 Å². The van der Waals surface area contributed by atoms with Crippen LogP contribution in [0, 0.1) is 5.92 Å². The van der Waals surface area contributed by atoms with E-state index in [9.17, 15) is 9.59 Å². The van der Waals surface area contributed by atoms with Crippen LogP contribution in [0.25, 0.3) is 0 Å². The quantitative estimate of drug-likeness (QED) is 0.871. The fourth-order valence-electron chi connectivity index (χ4n) is 2.39. The molecule has 0 saturated heterocycles. The lowest BCUT2D eigenvalue weighted by Gasteiger charge is -2.28. The minimum atomic E-state index is -1.21. The standard InChI is InChI=1S/C15H19NO3/c1-15(2,14(18)19)16-13(17)12-8-7-10-5-3-4-6-11(10)9-12/h3-6,12H,7-9H2,1-2H3,(H,16,17)(H,18,19). The summed E-state index contributed by atoms with van der Waals surface area (Å²) < 4.78 is 0. The predicted octanol–water partition coefficient (Wildman–Crippen LogP) is 1.77. The number of hydrogen-bond donors (Lipinski definition) is 2. The molecule has 1 aliphatic rings. The van der Waals surface area contributed by atoms with Gasteiger partial charge in [-0.05, 0) is 44.2 Å². The van der Waals surface area contributed by atoms with Crippen LogP contribution in [0.3, 0.4) is 0 Å². The second-order valence-electron chi connectivity index (χ2n) is 5.63. The molecule has 102 valence electrons. The number of carboxylic acids is 1. The van der Waals surface area contributed by atoms with Crippen LogP contribution in [0.2, 0.25) is 0 Å². The molecule has 19 heavy (non-hydrogen) atoms. The number of carbonyl (C=O) groups excluding carboxylic acids is 1. The highest BCUT2D eigenvalue weighted by Gasteiger charge is 2.33. The zero-order chi connectivity index (χ0) is 14.0. The Morgan fingerprint density at radius 1 is 1.26 bits per heavy atom. The van der Waals surface area contributed by atoms with Gasteiger partial charge in [-0.2, -0.15) is 0 Å². The van der Waals surface area contributed by atoms with Gasteiger partial charge in [0.05, 0.1) is 0 Å². The average Bonchev–Trinajstić information content (AvgIpc) is 2.37. The molecule has 1 aromatic rings. The van der Waals surface area contributed by atoms with Crippen molar-refractivity contribution in [3.05, 3.63) is 35.4 Å². The molecule has 0 spiro atoms. The third kappa shape index (κ3) is 2.95. The lowest BCUT2D eigenvalue weighted by atomic mass is 9.83. The summed E-state index contributed by atoms with van der Waals surface area (Å²) in [5.74, 6) is -1.31. The number of aryl methyl sites for hydroxylation is 1. The maximum atomic E-state index is 12.2. The first-order valence-corrected chi connectivity index (χ1v) is 6.52. The number of rotatable bonds is 3. The summed E-state index contributed by atoms with van der Waals surface area (Å²) in [5.41, 5.74) is 1.28. The Bertz CT molecular complexity index is 508. The second-order valence-corrected chi connectivity index (χ2v) is 5.63. The van der Waals surface area contributed by atoms with E-state index in [0.717, 1.165) is 12.8 Å². The van der Waals surface area contributed by atoms with E-state index in [1.807, 2.05) is 18.2 Å². The number of carboxylic acid groups (broad SMARTS) is 1. The molecule has 0 aromatic heterocycles. The summed E-state index contributed by atoms with van der Waals surface area (Å²) in [6, 6.07) is 8.11. The van der Waals surface area contributed by atoms with Crippen molar-refractivity contribution >= 4 is 11.9 Å². The summed E-state index contributed by atoms with van der Waals surface area (Å²) in [7, 11) is 0. The van der Waals surface area contributed by atoms with Gasteiger partial charge < -0.3 is 10.4 Å². The minimum absolute atomic E-state index is 0.131. The number of carbonyl (C=O) groups is 2. The van der Waals surface area contributed by atoms with Gasteiger partial charge in [0.15, 0.2) is 0 Å². The Labute approximate surface area is 112 Å². The minimum Gasteiger partial charge on any atom is -0.480 e. The zero-order valence-corrected chi connectivity index (χ0v) is 11.3. The molecule has 0 bridgehead atoms. The van der Waals surface area contributed by atoms with Crippen LogP contribution >= 0.6 is 0 Å². The van der Waals surface area contributed by atoms with E-state index in [1.54, 1.807) is 0 Å². The Morgan fingerprint density at radius 2 is 1.89 bits per heavy atom. The van der Waals surface area contributed by atoms with Crippen molar-refractivity contribution in [2.45, 2.75) is 38.6 Å². The maximum absolute atomic E-state index is 12.2. The Hall–Kier alpha value is -1.84. The molecule has 0 radical (unpaired) electrons. The number of nitrogens with one attached hydrogen (secondary N) is 1. The zero-order valence-electron chi connectivity index (χ0n) is 11.3.